The van der Waals surface area contributed by atoms with Crippen molar-refractivity contribution >= 4 is 11.3 Å². The van der Waals surface area contributed by atoms with Gasteiger partial charge in [0.25, 0.3) is 0 Å². The molecular weight excluding hydrogens is 293 g/mol. The van der Waals surface area contributed by atoms with Gasteiger partial charge in [-0.1, -0.05) is 5.16 Å². The Morgan fingerprint density at radius 1 is 1.30 bits per heavy atom. The van der Waals surface area contributed by atoms with E-state index in [4.69, 9.17) is 0 Å². The van der Waals surface area contributed by atoms with Crippen molar-refractivity contribution in [3.8, 4) is 10.7 Å². The van der Waals surface area contributed by atoms with Gasteiger partial charge in [0, 0.05) is 17.3 Å². The van der Waals surface area contributed by atoms with Crippen molar-refractivity contribution in [1.82, 2.24) is 19.7 Å². The molecule has 0 aromatic carbocycles. The quantitative estimate of drug-likeness (QED) is 0.746. The molecule has 3 rings (SSSR count). The molecule has 0 aliphatic carbocycles. The number of aromatic nitrogens is 4. The first-order valence-corrected chi connectivity index (χ1v) is 6.30. The van der Waals surface area contributed by atoms with Crippen LogP contribution in [-0.2, 0) is 12.7 Å². The lowest BCUT2D eigenvalue weighted by Gasteiger charge is -1.97. The number of thiophene rings is 1. The molecule has 20 heavy (non-hydrogen) atoms. The highest BCUT2D eigenvalue weighted by Crippen LogP contribution is 2.31. The van der Waals surface area contributed by atoms with Crippen LogP contribution in [0.2, 0.25) is 0 Å². The SMILES string of the molecule is FC(F)(F)c1nc(-c2ccc(Cn3ccnc3)s2)no1. The molecule has 0 bridgehead atoms. The first-order chi connectivity index (χ1) is 9.52. The normalized spacial score (nSPS) is 11.9. The summed E-state index contributed by atoms with van der Waals surface area (Å²) in [5, 5.41) is 3.35. The van der Waals surface area contributed by atoms with Crippen LogP contribution in [0.25, 0.3) is 10.7 Å². The second-order valence-electron chi connectivity index (χ2n) is 3.92. The maximum atomic E-state index is 12.4. The number of nitrogens with zero attached hydrogens (tertiary/aromatic N) is 4. The minimum Gasteiger partial charge on any atom is -0.332 e. The van der Waals surface area contributed by atoms with Crippen molar-refractivity contribution in [3.63, 3.8) is 0 Å². The van der Waals surface area contributed by atoms with E-state index in [2.05, 4.69) is 19.6 Å². The fraction of sp³-hybridized carbons (Fsp3) is 0.182. The molecule has 3 aromatic rings. The fourth-order valence-corrected chi connectivity index (χ4v) is 2.52. The molecule has 0 saturated heterocycles. The molecule has 0 spiro atoms. The zero-order chi connectivity index (χ0) is 14.2. The third kappa shape index (κ3) is 2.57. The van der Waals surface area contributed by atoms with Crippen LogP contribution in [0.4, 0.5) is 13.2 Å². The van der Waals surface area contributed by atoms with E-state index in [0.29, 0.717) is 11.4 Å². The first kappa shape index (κ1) is 12.9. The Morgan fingerprint density at radius 3 is 2.80 bits per heavy atom. The van der Waals surface area contributed by atoms with Crippen LogP contribution in [0.3, 0.4) is 0 Å². The summed E-state index contributed by atoms with van der Waals surface area (Å²) in [5.41, 5.74) is 0. The molecule has 0 saturated carbocycles. The van der Waals surface area contributed by atoms with E-state index in [1.807, 2.05) is 10.6 Å². The third-order valence-electron chi connectivity index (χ3n) is 2.45. The molecule has 0 N–H and O–H groups in total. The van der Waals surface area contributed by atoms with Crippen LogP contribution in [0, 0.1) is 0 Å². The van der Waals surface area contributed by atoms with Gasteiger partial charge in [0.15, 0.2) is 0 Å². The second kappa shape index (κ2) is 4.75. The summed E-state index contributed by atoms with van der Waals surface area (Å²) in [6.45, 7) is 0.592. The van der Waals surface area contributed by atoms with Crippen LogP contribution in [0.15, 0.2) is 35.4 Å². The first-order valence-electron chi connectivity index (χ1n) is 5.48. The van der Waals surface area contributed by atoms with Crippen molar-refractivity contribution in [3.05, 3.63) is 41.6 Å². The van der Waals surface area contributed by atoms with Crippen LogP contribution in [0.5, 0.6) is 0 Å². The maximum absolute atomic E-state index is 12.4. The highest BCUT2D eigenvalue weighted by atomic mass is 32.1. The zero-order valence-electron chi connectivity index (χ0n) is 9.83. The van der Waals surface area contributed by atoms with Crippen molar-refractivity contribution in [2.75, 3.05) is 0 Å². The summed E-state index contributed by atoms with van der Waals surface area (Å²) >= 11 is 1.31. The number of imidazole rings is 1. The third-order valence-corrected chi connectivity index (χ3v) is 3.51. The van der Waals surface area contributed by atoms with Crippen LogP contribution in [0.1, 0.15) is 10.8 Å². The van der Waals surface area contributed by atoms with Gasteiger partial charge in [0.2, 0.25) is 5.82 Å². The standard InChI is InChI=1S/C11H7F3N4OS/c12-11(13,14)10-16-9(17-19-10)8-2-1-7(20-8)5-18-4-3-15-6-18/h1-4,6H,5H2. The van der Waals surface area contributed by atoms with E-state index in [1.54, 1.807) is 24.8 Å². The Kier molecular flexibility index (Phi) is 3.05. The number of hydrogen-bond donors (Lipinski definition) is 0. The predicted octanol–water partition coefficient (Wildman–Crippen LogP) is 3.06. The van der Waals surface area contributed by atoms with Crippen molar-refractivity contribution in [2.24, 2.45) is 0 Å². The van der Waals surface area contributed by atoms with Gasteiger partial charge in [-0.05, 0) is 12.1 Å². The summed E-state index contributed by atoms with van der Waals surface area (Å²) in [6.07, 6.45) is 0.496. The average Bonchev–Trinajstić information content (AvgIpc) is 3.08. The molecule has 3 heterocycles. The smallest absolute Gasteiger partial charge is 0.332 e. The molecule has 0 unspecified atom stereocenters. The average molecular weight is 300 g/mol. The largest absolute Gasteiger partial charge is 0.471 e. The molecule has 3 aromatic heterocycles. The van der Waals surface area contributed by atoms with Gasteiger partial charge in [0.05, 0.1) is 17.7 Å². The van der Waals surface area contributed by atoms with Gasteiger partial charge >= 0.3 is 12.1 Å². The molecule has 0 aliphatic heterocycles. The number of rotatable bonds is 3. The van der Waals surface area contributed by atoms with Gasteiger partial charge < -0.3 is 9.09 Å². The number of alkyl halides is 3. The summed E-state index contributed by atoms with van der Waals surface area (Å²) in [5.74, 6) is -1.39. The molecule has 0 atom stereocenters. The van der Waals surface area contributed by atoms with Crippen LogP contribution in [-0.4, -0.2) is 19.7 Å². The lowest BCUT2D eigenvalue weighted by atomic mass is 10.4. The lowest BCUT2D eigenvalue weighted by molar-refractivity contribution is -0.159. The zero-order valence-corrected chi connectivity index (χ0v) is 10.6. The van der Waals surface area contributed by atoms with E-state index >= 15 is 0 Å². The molecule has 0 amide bonds. The van der Waals surface area contributed by atoms with Gasteiger partial charge in [0.1, 0.15) is 0 Å². The monoisotopic (exact) mass is 300 g/mol. The highest BCUT2D eigenvalue weighted by molar-refractivity contribution is 7.15. The van der Waals surface area contributed by atoms with E-state index in [-0.39, 0.29) is 5.82 Å². The van der Waals surface area contributed by atoms with Crippen molar-refractivity contribution in [2.45, 2.75) is 12.7 Å². The second-order valence-corrected chi connectivity index (χ2v) is 5.09. The Balaban J connectivity index is 1.81. The van der Waals surface area contributed by atoms with Gasteiger partial charge in [-0.3, -0.25) is 0 Å². The van der Waals surface area contributed by atoms with E-state index < -0.39 is 12.1 Å². The fourth-order valence-electron chi connectivity index (χ4n) is 1.58. The van der Waals surface area contributed by atoms with E-state index in [0.717, 1.165) is 4.88 Å². The molecule has 0 aliphatic rings. The summed E-state index contributed by atoms with van der Waals surface area (Å²) in [6, 6.07) is 3.48. The summed E-state index contributed by atoms with van der Waals surface area (Å²) in [4.78, 5) is 8.75. The minimum atomic E-state index is -4.62. The molecule has 9 heteroatoms. The summed E-state index contributed by atoms with van der Waals surface area (Å²) < 4.78 is 43.2. The topological polar surface area (TPSA) is 56.7 Å². The number of halogens is 3. The predicted molar refractivity (Wildman–Crippen MR) is 63.9 cm³/mol. The molecule has 104 valence electrons. The highest BCUT2D eigenvalue weighted by Gasteiger charge is 2.38. The van der Waals surface area contributed by atoms with Gasteiger partial charge in [-0.25, -0.2) is 4.98 Å². The van der Waals surface area contributed by atoms with Gasteiger partial charge in [-0.15, -0.1) is 11.3 Å². The molecule has 5 nitrogen and oxygen atoms in total. The Bertz CT molecular complexity index is 701. The Hall–Kier alpha value is -2.16. The van der Waals surface area contributed by atoms with Crippen LogP contribution >= 0.6 is 11.3 Å². The molecular formula is C11H7F3N4OS. The lowest BCUT2D eigenvalue weighted by Crippen LogP contribution is -2.04. The Morgan fingerprint density at radius 2 is 2.15 bits per heavy atom. The molecule has 0 radical (unpaired) electrons. The Labute approximate surface area is 114 Å². The van der Waals surface area contributed by atoms with Crippen LogP contribution < -0.4 is 0 Å². The van der Waals surface area contributed by atoms with Gasteiger partial charge in [-0.2, -0.15) is 18.2 Å². The molecule has 0 fully saturated rings. The minimum absolute atomic E-state index is 0.0563. The van der Waals surface area contributed by atoms with Crippen molar-refractivity contribution in [1.29, 1.82) is 0 Å². The van der Waals surface area contributed by atoms with E-state index in [1.165, 1.54) is 11.3 Å². The number of hydrogen-bond acceptors (Lipinski definition) is 5. The van der Waals surface area contributed by atoms with E-state index in [9.17, 15) is 13.2 Å². The van der Waals surface area contributed by atoms with Crippen molar-refractivity contribution < 1.29 is 17.7 Å². The summed E-state index contributed by atoms with van der Waals surface area (Å²) in [7, 11) is 0. The maximum Gasteiger partial charge on any atom is 0.471 e.